The molecule has 0 spiro atoms. The van der Waals surface area contributed by atoms with E-state index in [1.54, 1.807) is 18.2 Å². The predicted octanol–water partition coefficient (Wildman–Crippen LogP) is 4.19. The van der Waals surface area contributed by atoms with Gasteiger partial charge in [-0.2, -0.15) is 0 Å². The molecule has 0 heterocycles. The normalized spacial score (nSPS) is 20.8. The summed E-state index contributed by atoms with van der Waals surface area (Å²) in [6, 6.07) is 16.0. The van der Waals surface area contributed by atoms with Crippen molar-refractivity contribution in [3.05, 3.63) is 65.7 Å². The van der Waals surface area contributed by atoms with Crippen LogP contribution in [0.5, 0.6) is 5.75 Å². The van der Waals surface area contributed by atoms with Crippen LogP contribution in [-0.2, 0) is 16.0 Å². The highest BCUT2D eigenvalue weighted by atomic mass is 16.5. The second kappa shape index (κ2) is 14.1. The second-order valence-corrected chi connectivity index (χ2v) is 10.8. The van der Waals surface area contributed by atoms with Crippen molar-refractivity contribution in [2.75, 3.05) is 13.2 Å². The largest absolute Gasteiger partial charge is 0.485 e. The lowest BCUT2D eigenvalue weighted by molar-refractivity contribution is -0.132. The Bertz CT molecular complexity index is 1060. The van der Waals surface area contributed by atoms with Crippen molar-refractivity contribution in [3.8, 4) is 5.75 Å². The molecule has 0 radical (unpaired) electrons. The fourth-order valence-electron chi connectivity index (χ4n) is 5.56. The zero-order valence-electron chi connectivity index (χ0n) is 22.2. The molecule has 2 amide bonds. The molecule has 38 heavy (non-hydrogen) atoms. The van der Waals surface area contributed by atoms with E-state index in [9.17, 15) is 14.4 Å². The predicted molar refractivity (Wildman–Crippen MR) is 148 cm³/mol. The topological polar surface area (TPSA) is 111 Å². The van der Waals surface area contributed by atoms with Gasteiger partial charge in [0.2, 0.25) is 11.8 Å². The van der Waals surface area contributed by atoms with Crippen LogP contribution in [0.25, 0.3) is 0 Å². The van der Waals surface area contributed by atoms with Gasteiger partial charge in [0.1, 0.15) is 11.8 Å². The number of carbonyl (C=O) groups is 3. The maximum absolute atomic E-state index is 13.4. The summed E-state index contributed by atoms with van der Waals surface area (Å²) in [6.07, 6.45) is 9.28. The Labute approximate surface area is 225 Å². The highest BCUT2D eigenvalue weighted by Gasteiger charge is 2.30. The van der Waals surface area contributed by atoms with Gasteiger partial charge in [0, 0.05) is 23.9 Å². The van der Waals surface area contributed by atoms with E-state index in [0.717, 1.165) is 56.9 Å². The fraction of sp³-hybridized carbons (Fsp3) is 0.516. The van der Waals surface area contributed by atoms with Crippen LogP contribution in [0.2, 0.25) is 0 Å². The van der Waals surface area contributed by atoms with Gasteiger partial charge < -0.3 is 21.1 Å². The summed E-state index contributed by atoms with van der Waals surface area (Å²) in [5.74, 6) is 0.681. The van der Waals surface area contributed by atoms with Gasteiger partial charge in [0.15, 0.2) is 12.4 Å². The lowest BCUT2D eigenvalue weighted by Crippen LogP contribution is -2.52. The van der Waals surface area contributed by atoms with Crippen LogP contribution >= 0.6 is 0 Å². The van der Waals surface area contributed by atoms with Crippen molar-refractivity contribution in [3.63, 3.8) is 0 Å². The molecule has 0 saturated heterocycles. The van der Waals surface area contributed by atoms with E-state index in [2.05, 4.69) is 10.6 Å². The number of hydrogen-bond acceptors (Lipinski definition) is 5. The number of rotatable bonds is 11. The van der Waals surface area contributed by atoms with E-state index in [4.69, 9.17) is 10.5 Å². The van der Waals surface area contributed by atoms with Crippen LogP contribution in [0.15, 0.2) is 54.6 Å². The molecule has 0 bridgehead atoms. The Morgan fingerprint density at radius 1 is 0.895 bits per heavy atom. The molecule has 2 aliphatic carbocycles. The number of nitrogens with one attached hydrogen (secondary N) is 2. The Kier molecular flexibility index (Phi) is 10.3. The number of hydrogen-bond donors (Lipinski definition) is 3. The molecule has 2 fully saturated rings. The van der Waals surface area contributed by atoms with Crippen molar-refractivity contribution < 1.29 is 19.1 Å². The summed E-state index contributed by atoms with van der Waals surface area (Å²) in [5.41, 5.74) is 7.29. The molecule has 0 unspecified atom stereocenters. The summed E-state index contributed by atoms with van der Waals surface area (Å²) in [7, 11) is 0. The Hall–Kier alpha value is -3.19. The Balaban J connectivity index is 1.40. The number of carbonyl (C=O) groups excluding carboxylic acids is 3. The molecule has 0 aromatic heterocycles. The number of ketones is 1. The van der Waals surface area contributed by atoms with Crippen LogP contribution in [0, 0.1) is 11.8 Å². The SMILES string of the molecule is NCC1CCC(C(=O)N[C@@H](Cc2cccc(OCC(=O)c3ccccc3)c2)C(=O)NC2CCCCC2)CC1. The van der Waals surface area contributed by atoms with E-state index in [1.165, 1.54) is 6.42 Å². The number of amides is 2. The van der Waals surface area contributed by atoms with Crippen molar-refractivity contribution in [1.29, 1.82) is 0 Å². The molecule has 4 N–H and O–H groups in total. The number of nitrogens with two attached hydrogens (primary N) is 1. The molecular formula is C31H41N3O4. The third kappa shape index (κ3) is 8.15. The summed E-state index contributed by atoms with van der Waals surface area (Å²) in [5, 5.41) is 6.26. The summed E-state index contributed by atoms with van der Waals surface area (Å²) < 4.78 is 5.78. The number of benzene rings is 2. The minimum absolute atomic E-state index is 0.0508. The molecule has 4 rings (SSSR count). The monoisotopic (exact) mass is 519 g/mol. The van der Waals surface area contributed by atoms with E-state index >= 15 is 0 Å². The van der Waals surface area contributed by atoms with Crippen LogP contribution in [0.3, 0.4) is 0 Å². The lowest BCUT2D eigenvalue weighted by Gasteiger charge is -2.29. The van der Waals surface area contributed by atoms with Gasteiger partial charge in [-0.25, -0.2) is 0 Å². The quantitative estimate of drug-likeness (QED) is 0.386. The maximum atomic E-state index is 13.4. The number of ether oxygens (including phenoxy) is 1. The zero-order chi connectivity index (χ0) is 26.7. The molecule has 2 aromatic carbocycles. The molecule has 204 valence electrons. The molecule has 0 aliphatic heterocycles. The van der Waals surface area contributed by atoms with Crippen molar-refractivity contribution in [2.24, 2.45) is 17.6 Å². The van der Waals surface area contributed by atoms with Crippen LogP contribution in [0.1, 0.15) is 73.7 Å². The van der Waals surface area contributed by atoms with Gasteiger partial charge in [0.05, 0.1) is 0 Å². The smallest absolute Gasteiger partial charge is 0.243 e. The van der Waals surface area contributed by atoms with Crippen LogP contribution in [0.4, 0.5) is 0 Å². The average Bonchev–Trinajstić information content (AvgIpc) is 2.96. The third-order valence-corrected chi connectivity index (χ3v) is 7.94. The first-order valence-electron chi connectivity index (χ1n) is 14.1. The van der Waals surface area contributed by atoms with Gasteiger partial charge in [-0.05, 0) is 68.7 Å². The molecule has 7 nitrogen and oxygen atoms in total. The molecular weight excluding hydrogens is 478 g/mol. The van der Waals surface area contributed by atoms with Gasteiger partial charge in [0.25, 0.3) is 0 Å². The zero-order valence-corrected chi connectivity index (χ0v) is 22.2. The molecule has 7 heteroatoms. The lowest BCUT2D eigenvalue weighted by atomic mass is 9.81. The van der Waals surface area contributed by atoms with E-state index < -0.39 is 6.04 Å². The first-order valence-corrected chi connectivity index (χ1v) is 14.1. The molecule has 1 atom stereocenters. The Morgan fingerprint density at radius 3 is 2.34 bits per heavy atom. The highest BCUT2D eigenvalue weighted by Crippen LogP contribution is 2.28. The summed E-state index contributed by atoms with van der Waals surface area (Å²) in [4.78, 5) is 39.0. The molecule has 2 aromatic rings. The maximum Gasteiger partial charge on any atom is 0.243 e. The highest BCUT2D eigenvalue weighted by molar-refractivity contribution is 5.97. The first-order chi connectivity index (χ1) is 18.5. The van der Waals surface area contributed by atoms with Gasteiger partial charge in [-0.1, -0.05) is 61.7 Å². The second-order valence-electron chi connectivity index (χ2n) is 10.8. The van der Waals surface area contributed by atoms with Crippen LogP contribution < -0.4 is 21.1 Å². The number of Topliss-reactive ketones (excluding diaryl/α,β-unsaturated/α-hetero) is 1. The van der Waals surface area contributed by atoms with Gasteiger partial charge >= 0.3 is 0 Å². The van der Waals surface area contributed by atoms with E-state index in [-0.39, 0.29) is 36.2 Å². The average molecular weight is 520 g/mol. The first kappa shape index (κ1) is 27.8. The summed E-state index contributed by atoms with van der Waals surface area (Å²) >= 11 is 0. The Morgan fingerprint density at radius 2 is 1.63 bits per heavy atom. The van der Waals surface area contributed by atoms with E-state index in [1.807, 2.05) is 36.4 Å². The third-order valence-electron chi connectivity index (χ3n) is 7.94. The van der Waals surface area contributed by atoms with Gasteiger partial charge in [-0.3, -0.25) is 14.4 Å². The van der Waals surface area contributed by atoms with Crippen LogP contribution in [-0.4, -0.2) is 42.8 Å². The fourth-order valence-corrected chi connectivity index (χ4v) is 5.56. The standard InChI is InChI=1S/C31H41N3O4/c32-20-22-14-16-25(17-15-22)30(36)34-28(31(37)33-26-11-5-2-6-12-26)19-23-8-7-13-27(18-23)38-21-29(35)24-9-3-1-4-10-24/h1,3-4,7-10,13,18,22,25-26,28H,2,5-6,11-12,14-17,19-21,32H2,(H,33,37)(H,34,36)/t22?,25?,28-/m0/s1. The minimum atomic E-state index is -0.669. The van der Waals surface area contributed by atoms with E-state index in [0.29, 0.717) is 30.2 Å². The van der Waals surface area contributed by atoms with Gasteiger partial charge in [-0.15, -0.1) is 0 Å². The van der Waals surface area contributed by atoms with Crippen molar-refractivity contribution >= 4 is 17.6 Å². The summed E-state index contributed by atoms with van der Waals surface area (Å²) in [6.45, 7) is 0.595. The van der Waals surface area contributed by atoms with Crippen molar-refractivity contribution in [2.45, 2.75) is 76.3 Å². The molecule has 2 aliphatic rings. The van der Waals surface area contributed by atoms with Crippen molar-refractivity contribution in [1.82, 2.24) is 10.6 Å². The molecule has 2 saturated carbocycles. The minimum Gasteiger partial charge on any atom is -0.485 e.